The number of likely N-dealkylation sites (tertiary alicyclic amines) is 1. The molecular weight excluding hydrogens is 411 g/mol. The monoisotopic (exact) mass is 436 g/mol. The average Bonchev–Trinajstić information content (AvgIpc) is 3.24. The second-order valence-corrected chi connectivity index (χ2v) is 6.88. The molecule has 2 atom stereocenters. The van der Waals surface area contributed by atoms with Gasteiger partial charge in [0, 0.05) is 18.2 Å². The molecule has 1 fully saturated rings. The van der Waals surface area contributed by atoms with Crippen molar-refractivity contribution in [3.8, 4) is 11.4 Å². The molecule has 1 saturated heterocycles. The number of hydrogen-bond acceptors (Lipinski definition) is 6. The molecule has 0 bridgehead atoms. The Morgan fingerprint density at radius 2 is 1.93 bits per heavy atom. The molecular formula is C20H26Cl2N6O. The minimum absolute atomic E-state index is 0. The van der Waals surface area contributed by atoms with E-state index in [-0.39, 0.29) is 36.9 Å². The molecule has 1 aliphatic heterocycles. The molecule has 0 unspecified atom stereocenters. The first-order valence-corrected chi connectivity index (χ1v) is 9.21. The third-order valence-electron chi connectivity index (χ3n) is 5.17. The summed E-state index contributed by atoms with van der Waals surface area (Å²) in [5, 5.41) is 11.4. The first kappa shape index (κ1) is 23.1. The van der Waals surface area contributed by atoms with E-state index in [0.717, 1.165) is 42.9 Å². The fourth-order valence-electron chi connectivity index (χ4n) is 3.91. The molecule has 0 spiro atoms. The number of nitrogens with two attached hydrogens (primary N) is 1. The van der Waals surface area contributed by atoms with Gasteiger partial charge in [-0.05, 0) is 53.6 Å². The molecule has 0 saturated carbocycles. The molecule has 0 aliphatic carbocycles. The SMILES string of the molecule is COc1ccc(-n2cnnn2)cc1CN1CCC[C@H](N)[C@@H]1c1ccccc1.Cl.Cl. The van der Waals surface area contributed by atoms with Crippen LogP contribution in [-0.4, -0.2) is 44.8 Å². The molecule has 0 amide bonds. The Bertz CT molecular complexity index is 878. The van der Waals surface area contributed by atoms with Crippen molar-refractivity contribution < 1.29 is 4.74 Å². The summed E-state index contributed by atoms with van der Waals surface area (Å²) >= 11 is 0. The van der Waals surface area contributed by atoms with Crippen LogP contribution in [0.1, 0.15) is 30.0 Å². The molecule has 1 aliphatic rings. The number of ether oxygens (including phenoxy) is 1. The molecule has 9 heteroatoms. The van der Waals surface area contributed by atoms with Crippen LogP contribution in [0.15, 0.2) is 54.9 Å². The number of piperidine rings is 1. The molecule has 2 heterocycles. The van der Waals surface area contributed by atoms with Crippen LogP contribution in [0.2, 0.25) is 0 Å². The van der Waals surface area contributed by atoms with Gasteiger partial charge in [0.25, 0.3) is 0 Å². The first-order valence-electron chi connectivity index (χ1n) is 9.21. The summed E-state index contributed by atoms with van der Waals surface area (Å²) < 4.78 is 7.26. The van der Waals surface area contributed by atoms with Crippen LogP contribution in [-0.2, 0) is 6.54 Å². The van der Waals surface area contributed by atoms with Crippen LogP contribution < -0.4 is 10.5 Å². The van der Waals surface area contributed by atoms with Crippen molar-refractivity contribution in [3.63, 3.8) is 0 Å². The number of nitrogens with zero attached hydrogens (tertiary/aromatic N) is 5. The lowest BCUT2D eigenvalue weighted by molar-refractivity contribution is 0.119. The van der Waals surface area contributed by atoms with Crippen molar-refractivity contribution in [1.29, 1.82) is 0 Å². The number of aromatic nitrogens is 4. The quantitative estimate of drug-likeness (QED) is 0.661. The number of hydrogen-bond donors (Lipinski definition) is 1. The zero-order valence-electron chi connectivity index (χ0n) is 16.2. The fraction of sp³-hybridized carbons (Fsp3) is 0.350. The summed E-state index contributed by atoms with van der Waals surface area (Å²) in [5.41, 5.74) is 9.80. The molecule has 156 valence electrons. The maximum Gasteiger partial charge on any atom is 0.143 e. The van der Waals surface area contributed by atoms with Gasteiger partial charge in [0.1, 0.15) is 12.1 Å². The Labute approximate surface area is 183 Å². The van der Waals surface area contributed by atoms with Crippen LogP contribution >= 0.6 is 24.8 Å². The minimum atomic E-state index is 0. The van der Waals surface area contributed by atoms with Gasteiger partial charge in [0.05, 0.1) is 18.8 Å². The highest BCUT2D eigenvalue weighted by Gasteiger charge is 2.30. The van der Waals surface area contributed by atoms with E-state index in [1.54, 1.807) is 18.1 Å². The van der Waals surface area contributed by atoms with Gasteiger partial charge < -0.3 is 10.5 Å². The highest BCUT2D eigenvalue weighted by molar-refractivity contribution is 5.85. The summed E-state index contributed by atoms with van der Waals surface area (Å²) in [6.45, 7) is 1.76. The maximum atomic E-state index is 6.53. The number of methoxy groups -OCH3 is 1. The van der Waals surface area contributed by atoms with Crippen molar-refractivity contribution in [3.05, 3.63) is 66.0 Å². The Kier molecular flexibility index (Phi) is 8.40. The van der Waals surface area contributed by atoms with Gasteiger partial charge in [0.2, 0.25) is 0 Å². The Hall–Kier alpha value is -2.19. The lowest BCUT2D eigenvalue weighted by Crippen LogP contribution is -2.45. The summed E-state index contributed by atoms with van der Waals surface area (Å²) in [4.78, 5) is 2.45. The highest BCUT2D eigenvalue weighted by atomic mass is 35.5. The number of benzene rings is 2. The van der Waals surface area contributed by atoms with Crippen LogP contribution in [0.25, 0.3) is 5.69 Å². The Morgan fingerprint density at radius 3 is 2.62 bits per heavy atom. The van der Waals surface area contributed by atoms with Crippen molar-refractivity contribution in [2.24, 2.45) is 5.73 Å². The first-order chi connectivity index (χ1) is 13.3. The van der Waals surface area contributed by atoms with Crippen molar-refractivity contribution >= 4 is 24.8 Å². The molecule has 29 heavy (non-hydrogen) atoms. The zero-order chi connectivity index (χ0) is 18.6. The van der Waals surface area contributed by atoms with Gasteiger partial charge >= 0.3 is 0 Å². The second kappa shape index (κ2) is 10.5. The van der Waals surface area contributed by atoms with E-state index in [2.05, 4.69) is 50.8 Å². The van der Waals surface area contributed by atoms with Crippen LogP contribution in [0.5, 0.6) is 5.75 Å². The normalized spacial score (nSPS) is 19.1. The summed E-state index contributed by atoms with van der Waals surface area (Å²) in [6, 6.07) is 16.8. The smallest absolute Gasteiger partial charge is 0.143 e. The predicted octanol–water partition coefficient (Wildman–Crippen LogP) is 3.18. The summed E-state index contributed by atoms with van der Waals surface area (Å²) in [5.74, 6) is 0.859. The van der Waals surface area contributed by atoms with Gasteiger partial charge in [-0.3, -0.25) is 4.90 Å². The van der Waals surface area contributed by atoms with Crippen molar-refractivity contribution in [1.82, 2.24) is 25.1 Å². The van der Waals surface area contributed by atoms with E-state index < -0.39 is 0 Å². The van der Waals surface area contributed by atoms with E-state index >= 15 is 0 Å². The molecule has 1 aromatic heterocycles. The van der Waals surface area contributed by atoms with Crippen LogP contribution in [0.4, 0.5) is 0 Å². The van der Waals surface area contributed by atoms with Crippen LogP contribution in [0.3, 0.4) is 0 Å². The second-order valence-electron chi connectivity index (χ2n) is 6.88. The van der Waals surface area contributed by atoms with E-state index in [4.69, 9.17) is 10.5 Å². The van der Waals surface area contributed by atoms with E-state index in [0.29, 0.717) is 0 Å². The topological polar surface area (TPSA) is 82.1 Å². The predicted molar refractivity (Wildman–Crippen MR) is 117 cm³/mol. The zero-order valence-corrected chi connectivity index (χ0v) is 17.9. The van der Waals surface area contributed by atoms with E-state index in [1.807, 2.05) is 18.2 Å². The lowest BCUT2D eigenvalue weighted by Gasteiger charge is -2.40. The molecule has 3 aromatic rings. The van der Waals surface area contributed by atoms with E-state index in [9.17, 15) is 0 Å². The van der Waals surface area contributed by atoms with Crippen molar-refractivity contribution in [2.75, 3.05) is 13.7 Å². The minimum Gasteiger partial charge on any atom is -0.496 e. The summed E-state index contributed by atoms with van der Waals surface area (Å²) in [7, 11) is 1.70. The third-order valence-corrected chi connectivity index (χ3v) is 5.17. The van der Waals surface area contributed by atoms with Crippen LogP contribution in [0, 0.1) is 0 Å². The number of rotatable bonds is 5. The van der Waals surface area contributed by atoms with Gasteiger partial charge in [-0.25, -0.2) is 4.68 Å². The molecule has 7 nitrogen and oxygen atoms in total. The standard InChI is InChI=1S/C20H24N6O.2ClH/c1-27-19-10-9-17(26-14-22-23-24-26)12-16(19)13-25-11-5-8-18(21)20(25)15-6-3-2-4-7-15;;/h2-4,6-7,9-10,12,14,18,20H,5,8,11,13,21H2,1H3;2*1H/t18-,20-;;/m0../s1. The van der Waals surface area contributed by atoms with Gasteiger partial charge in [-0.15, -0.1) is 29.9 Å². The lowest BCUT2D eigenvalue weighted by atomic mass is 9.90. The Balaban J connectivity index is 0.00000150. The van der Waals surface area contributed by atoms with Gasteiger partial charge in [-0.2, -0.15) is 0 Å². The molecule has 2 aromatic carbocycles. The Morgan fingerprint density at radius 1 is 1.14 bits per heavy atom. The van der Waals surface area contributed by atoms with Gasteiger partial charge in [0.15, 0.2) is 0 Å². The molecule has 2 N–H and O–H groups in total. The largest absolute Gasteiger partial charge is 0.496 e. The third kappa shape index (κ3) is 5.05. The number of halogens is 2. The molecule has 0 radical (unpaired) electrons. The molecule has 4 rings (SSSR count). The number of tetrazole rings is 1. The highest BCUT2D eigenvalue weighted by Crippen LogP contribution is 2.33. The van der Waals surface area contributed by atoms with Crippen molar-refractivity contribution in [2.45, 2.75) is 31.5 Å². The van der Waals surface area contributed by atoms with Gasteiger partial charge in [-0.1, -0.05) is 30.3 Å². The maximum absolute atomic E-state index is 6.53. The average molecular weight is 437 g/mol. The summed E-state index contributed by atoms with van der Waals surface area (Å²) in [6.07, 6.45) is 3.73. The van der Waals surface area contributed by atoms with E-state index in [1.165, 1.54) is 5.56 Å². The fourth-order valence-corrected chi connectivity index (χ4v) is 3.91.